The Morgan fingerprint density at radius 1 is 1.42 bits per heavy atom. The van der Waals surface area contributed by atoms with Gasteiger partial charge in [-0.15, -0.1) is 0 Å². The molecule has 0 atom stereocenters. The Labute approximate surface area is 73.8 Å². The summed E-state index contributed by atoms with van der Waals surface area (Å²) >= 11 is 0. The van der Waals surface area contributed by atoms with Crippen molar-refractivity contribution in [3.63, 3.8) is 0 Å². The van der Waals surface area contributed by atoms with E-state index < -0.39 is 0 Å². The number of nitrogens with two attached hydrogens (primary N) is 1. The Hall–Kier alpha value is -0.890. The maximum Gasteiger partial charge on any atom is 0.0401 e. The number of pyridine rings is 1. The summed E-state index contributed by atoms with van der Waals surface area (Å²) in [5.41, 5.74) is 7.83. The highest BCUT2D eigenvalue weighted by Crippen LogP contribution is 2.15. The van der Waals surface area contributed by atoms with Gasteiger partial charge in [-0.25, -0.2) is 0 Å². The largest absolute Gasteiger partial charge is 0.322 e. The van der Waals surface area contributed by atoms with Gasteiger partial charge in [0, 0.05) is 17.4 Å². The van der Waals surface area contributed by atoms with Gasteiger partial charge in [-0.1, -0.05) is 13.0 Å². The zero-order valence-electron chi connectivity index (χ0n) is 7.96. The smallest absolute Gasteiger partial charge is 0.0401 e. The number of hydrogen-bond acceptors (Lipinski definition) is 2. The van der Waals surface area contributed by atoms with Gasteiger partial charge in [0.15, 0.2) is 0 Å². The van der Waals surface area contributed by atoms with Crippen LogP contribution in [0.5, 0.6) is 0 Å². The molecule has 0 aliphatic rings. The molecule has 0 fully saturated rings. The van der Waals surface area contributed by atoms with Crippen LogP contribution in [0.2, 0.25) is 0 Å². The average Bonchev–Trinajstić information content (AvgIpc) is 2.03. The highest BCUT2D eigenvalue weighted by atomic mass is 14.7. The Bertz CT molecular complexity index is 244. The maximum absolute atomic E-state index is 5.91. The minimum absolute atomic E-state index is 0.279. The third-order valence-electron chi connectivity index (χ3n) is 1.93. The van der Waals surface area contributed by atoms with E-state index in [1.54, 1.807) is 0 Å². The molecule has 2 heteroatoms. The molecule has 1 aromatic rings. The zero-order valence-corrected chi connectivity index (χ0v) is 7.96. The zero-order chi connectivity index (χ0) is 9.19. The summed E-state index contributed by atoms with van der Waals surface area (Å²) < 4.78 is 0. The van der Waals surface area contributed by atoms with Crippen LogP contribution in [0.15, 0.2) is 18.3 Å². The van der Waals surface area contributed by atoms with Crippen LogP contribution in [0.25, 0.3) is 0 Å². The highest BCUT2D eigenvalue weighted by molar-refractivity contribution is 5.20. The lowest BCUT2D eigenvalue weighted by molar-refractivity contribution is 0.551. The molecule has 2 nitrogen and oxygen atoms in total. The van der Waals surface area contributed by atoms with E-state index in [4.69, 9.17) is 5.73 Å². The molecular formula is C10H16N2. The van der Waals surface area contributed by atoms with Crippen LogP contribution < -0.4 is 5.73 Å². The molecule has 0 aliphatic carbocycles. The summed E-state index contributed by atoms with van der Waals surface area (Å²) in [5, 5.41) is 0. The molecule has 12 heavy (non-hydrogen) atoms. The molecule has 0 spiro atoms. The van der Waals surface area contributed by atoms with Crippen molar-refractivity contribution in [2.24, 2.45) is 5.73 Å². The first-order valence-corrected chi connectivity index (χ1v) is 4.28. The van der Waals surface area contributed by atoms with Crippen molar-refractivity contribution in [1.82, 2.24) is 4.98 Å². The molecule has 0 aromatic carbocycles. The topological polar surface area (TPSA) is 38.9 Å². The van der Waals surface area contributed by atoms with E-state index in [2.05, 4.69) is 11.9 Å². The number of aryl methyl sites for hydroxylation is 1. The lowest BCUT2D eigenvalue weighted by Crippen LogP contribution is -2.28. The molecule has 2 N–H and O–H groups in total. The molecule has 0 unspecified atom stereocenters. The van der Waals surface area contributed by atoms with Crippen molar-refractivity contribution in [3.05, 3.63) is 29.6 Å². The molecule has 0 radical (unpaired) electrons. The second-order valence-electron chi connectivity index (χ2n) is 3.61. The van der Waals surface area contributed by atoms with Gasteiger partial charge in [-0.2, -0.15) is 0 Å². The Balaban J connectivity index is 2.93. The van der Waals surface area contributed by atoms with Crippen molar-refractivity contribution in [3.8, 4) is 0 Å². The van der Waals surface area contributed by atoms with Crippen molar-refractivity contribution < 1.29 is 0 Å². The molecule has 1 rings (SSSR count). The molecule has 0 amide bonds. The first kappa shape index (κ1) is 9.20. The minimum Gasteiger partial charge on any atom is -0.322 e. The standard InChI is InChI=1S/C10H16N2/c1-4-9-6-5-8(7-12-9)10(2,3)11/h5-7H,4,11H2,1-3H3. The second kappa shape index (κ2) is 3.23. The van der Waals surface area contributed by atoms with Crippen LogP contribution in [-0.4, -0.2) is 4.98 Å². The lowest BCUT2D eigenvalue weighted by atomic mass is 9.97. The van der Waals surface area contributed by atoms with Gasteiger partial charge in [0.1, 0.15) is 0 Å². The fraction of sp³-hybridized carbons (Fsp3) is 0.500. The quantitative estimate of drug-likeness (QED) is 0.724. The highest BCUT2D eigenvalue weighted by Gasteiger charge is 2.13. The normalized spacial score (nSPS) is 11.7. The second-order valence-corrected chi connectivity index (χ2v) is 3.61. The molecular weight excluding hydrogens is 148 g/mol. The van der Waals surface area contributed by atoms with Gasteiger partial charge >= 0.3 is 0 Å². The first-order chi connectivity index (χ1) is 5.54. The van der Waals surface area contributed by atoms with Crippen LogP contribution in [0.4, 0.5) is 0 Å². The van der Waals surface area contributed by atoms with Gasteiger partial charge in [0.2, 0.25) is 0 Å². The average molecular weight is 164 g/mol. The van der Waals surface area contributed by atoms with E-state index in [1.165, 1.54) is 0 Å². The van der Waals surface area contributed by atoms with Crippen molar-refractivity contribution in [1.29, 1.82) is 0 Å². The van der Waals surface area contributed by atoms with Gasteiger partial charge in [0.25, 0.3) is 0 Å². The maximum atomic E-state index is 5.91. The molecule has 0 saturated carbocycles. The fourth-order valence-electron chi connectivity index (χ4n) is 1.01. The van der Waals surface area contributed by atoms with Crippen molar-refractivity contribution in [2.45, 2.75) is 32.7 Å². The van der Waals surface area contributed by atoms with Crippen LogP contribution in [0.1, 0.15) is 32.0 Å². The summed E-state index contributed by atoms with van der Waals surface area (Å²) in [5.74, 6) is 0. The number of hydrogen-bond donors (Lipinski definition) is 1. The Morgan fingerprint density at radius 2 is 2.08 bits per heavy atom. The van der Waals surface area contributed by atoms with E-state index in [0.29, 0.717) is 0 Å². The van der Waals surface area contributed by atoms with E-state index in [9.17, 15) is 0 Å². The molecule has 1 heterocycles. The summed E-state index contributed by atoms with van der Waals surface area (Å²) in [4.78, 5) is 4.28. The van der Waals surface area contributed by atoms with Gasteiger partial charge in [0.05, 0.1) is 0 Å². The lowest BCUT2D eigenvalue weighted by Gasteiger charge is -2.18. The summed E-state index contributed by atoms with van der Waals surface area (Å²) in [6.07, 6.45) is 2.84. The third-order valence-corrected chi connectivity index (χ3v) is 1.93. The Morgan fingerprint density at radius 3 is 2.42 bits per heavy atom. The van der Waals surface area contributed by atoms with Crippen LogP contribution >= 0.6 is 0 Å². The minimum atomic E-state index is -0.279. The molecule has 1 aromatic heterocycles. The predicted octanol–water partition coefficient (Wildman–Crippen LogP) is 1.84. The monoisotopic (exact) mass is 164 g/mol. The van der Waals surface area contributed by atoms with E-state index in [-0.39, 0.29) is 5.54 Å². The Kier molecular flexibility index (Phi) is 2.48. The fourth-order valence-corrected chi connectivity index (χ4v) is 1.01. The molecule has 66 valence electrons. The van der Waals surface area contributed by atoms with Gasteiger partial charge in [-0.3, -0.25) is 4.98 Å². The molecule has 0 aliphatic heterocycles. The number of nitrogens with zero attached hydrogens (tertiary/aromatic N) is 1. The van der Waals surface area contributed by atoms with Crippen LogP contribution in [-0.2, 0) is 12.0 Å². The SMILES string of the molecule is CCc1ccc(C(C)(C)N)cn1. The van der Waals surface area contributed by atoms with Crippen LogP contribution in [0, 0.1) is 0 Å². The third kappa shape index (κ3) is 2.05. The van der Waals surface area contributed by atoms with Gasteiger partial charge < -0.3 is 5.73 Å². The predicted molar refractivity (Wildman–Crippen MR) is 50.8 cm³/mol. The summed E-state index contributed by atoms with van der Waals surface area (Å²) in [7, 11) is 0. The van der Waals surface area contributed by atoms with E-state index in [1.807, 2.05) is 32.2 Å². The van der Waals surface area contributed by atoms with Gasteiger partial charge in [-0.05, 0) is 31.9 Å². The van der Waals surface area contributed by atoms with Crippen molar-refractivity contribution >= 4 is 0 Å². The summed E-state index contributed by atoms with van der Waals surface area (Å²) in [6.45, 7) is 6.06. The number of aromatic nitrogens is 1. The van der Waals surface area contributed by atoms with Crippen molar-refractivity contribution in [2.75, 3.05) is 0 Å². The number of rotatable bonds is 2. The van der Waals surface area contributed by atoms with E-state index >= 15 is 0 Å². The molecule has 0 saturated heterocycles. The molecule has 0 bridgehead atoms. The summed E-state index contributed by atoms with van der Waals surface area (Å²) in [6, 6.07) is 4.08. The van der Waals surface area contributed by atoms with E-state index in [0.717, 1.165) is 17.7 Å². The van der Waals surface area contributed by atoms with Crippen LogP contribution in [0.3, 0.4) is 0 Å². The first-order valence-electron chi connectivity index (χ1n) is 4.28.